The van der Waals surface area contributed by atoms with Crippen LogP contribution >= 0.6 is 7.82 Å². The Morgan fingerprint density at radius 1 is 0.900 bits per heavy atom. The third kappa shape index (κ3) is 19.5. The molecule has 2 unspecified atom stereocenters. The topological polar surface area (TPSA) is 98.6 Å². The number of quaternary nitrogens is 1. The highest BCUT2D eigenvalue weighted by atomic mass is 31.2. The number of unbranched alkanes of at least 4 members (excludes halogenated alkanes) is 7. The average molecular weight is 454 g/mol. The molecule has 0 aromatic rings. The maximum Gasteiger partial charge on any atom is 0.305 e. The third-order valence-electron chi connectivity index (χ3n) is 4.54. The molecule has 0 rings (SSSR count). The zero-order chi connectivity index (χ0) is 22.7. The fraction of sp³-hybridized carbons (Fsp3) is 0.952. The van der Waals surface area contributed by atoms with Crippen molar-refractivity contribution in [1.29, 1.82) is 0 Å². The lowest BCUT2D eigenvalue weighted by atomic mass is 10.1. The molecule has 0 fully saturated rings. The Bertz CT molecular complexity index is 463. The van der Waals surface area contributed by atoms with Crippen LogP contribution in [0.2, 0.25) is 0 Å². The van der Waals surface area contributed by atoms with Crippen LogP contribution in [0.1, 0.15) is 78.1 Å². The summed E-state index contributed by atoms with van der Waals surface area (Å²) < 4.78 is 32.7. The minimum atomic E-state index is -4.41. The summed E-state index contributed by atoms with van der Waals surface area (Å²) in [7, 11) is -0.606. The van der Waals surface area contributed by atoms with Gasteiger partial charge in [0.05, 0.1) is 20.7 Å². The van der Waals surface area contributed by atoms with E-state index in [1.807, 2.05) is 14.1 Å². The Balaban J connectivity index is 4.37. The number of ether oxygens (including phenoxy) is 2. The summed E-state index contributed by atoms with van der Waals surface area (Å²) in [6.45, 7) is 5.09. The van der Waals surface area contributed by atoms with Gasteiger partial charge in [0.1, 0.15) is 25.9 Å². The Hall–Kier alpha value is -0.500. The van der Waals surface area contributed by atoms with Crippen LogP contribution in [0.15, 0.2) is 0 Å². The molecular weight excluding hydrogens is 409 g/mol. The van der Waals surface area contributed by atoms with E-state index in [4.69, 9.17) is 18.5 Å². The molecule has 0 aliphatic carbocycles. The van der Waals surface area contributed by atoms with Gasteiger partial charge in [-0.15, -0.1) is 0 Å². The number of likely N-dealkylation sites (N-methyl/N-ethyl adjacent to an activating group) is 1. The number of phosphoric ester groups is 1. The predicted molar refractivity (Wildman–Crippen MR) is 115 cm³/mol. The second kappa shape index (κ2) is 19.2. The van der Waals surface area contributed by atoms with Gasteiger partial charge in [-0.1, -0.05) is 58.8 Å². The quantitative estimate of drug-likeness (QED) is 0.162. The molecule has 0 aromatic carbocycles. The molecule has 180 valence electrons. The number of phosphoric acid groups is 1. The smallest absolute Gasteiger partial charge is 0.305 e. The molecule has 0 aliphatic heterocycles. The number of esters is 1. The maximum absolute atomic E-state index is 11.9. The number of carbonyl (C=O) groups is 1. The van der Waals surface area contributed by atoms with Crippen molar-refractivity contribution in [3.8, 4) is 0 Å². The van der Waals surface area contributed by atoms with Crippen LogP contribution in [-0.2, 0) is 27.9 Å². The first-order valence-electron chi connectivity index (χ1n) is 11.5. The van der Waals surface area contributed by atoms with E-state index in [9.17, 15) is 14.3 Å². The Morgan fingerprint density at radius 3 is 2.17 bits per heavy atom. The molecule has 0 saturated heterocycles. The highest BCUT2D eigenvalue weighted by molar-refractivity contribution is 7.45. The van der Waals surface area contributed by atoms with Gasteiger partial charge in [-0.3, -0.25) is 9.36 Å². The zero-order valence-corrected chi connectivity index (χ0v) is 20.4. The minimum absolute atomic E-state index is 0.0244. The lowest BCUT2D eigenvalue weighted by Gasteiger charge is -2.26. The molecule has 0 amide bonds. The molecule has 0 saturated carbocycles. The van der Waals surface area contributed by atoms with Crippen LogP contribution in [0.4, 0.5) is 0 Å². The van der Waals surface area contributed by atoms with E-state index < -0.39 is 13.9 Å². The Morgan fingerprint density at radius 2 is 1.53 bits per heavy atom. The number of hydrogen-bond donors (Lipinski definition) is 1. The molecule has 2 atom stereocenters. The van der Waals surface area contributed by atoms with E-state index in [0.29, 0.717) is 19.6 Å². The van der Waals surface area contributed by atoms with E-state index >= 15 is 0 Å². The number of rotatable bonds is 21. The van der Waals surface area contributed by atoms with Crippen LogP contribution in [-0.4, -0.2) is 59.1 Å². The summed E-state index contributed by atoms with van der Waals surface area (Å²) in [6.07, 6.45) is 9.14. The number of nitrogens with one attached hydrogen (secondary N) is 1. The van der Waals surface area contributed by atoms with Crippen LogP contribution < -0.4 is 9.79 Å². The van der Waals surface area contributed by atoms with E-state index in [2.05, 4.69) is 13.8 Å². The van der Waals surface area contributed by atoms with E-state index in [0.717, 1.165) is 49.8 Å². The van der Waals surface area contributed by atoms with Crippen LogP contribution in [0.3, 0.4) is 0 Å². The summed E-state index contributed by atoms with van der Waals surface area (Å²) in [6, 6.07) is 0. The van der Waals surface area contributed by atoms with E-state index in [1.165, 1.54) is 12.8 Å². The standard InChI is InChI=1S/C21H44NO7P/c1-5-7-9-11-13-16-26-20(18-27-21(23)14-12-10-8-6-2)19-29-30(24,25)28-17-15-22(3)4/h20H,5-19H2,1-4H3,(H,24,25). The highest BCUT2D eigenvalue weighted by Crippen LogP contribution is 2.38. The van der Waals surface area contributed by atoms with Crippen molar-refractivity contribution in [3.05, 3.63) is 0 Å². The third-order valence-corrected chi connectivity index (χ3v) is 5.50. The summed E-state index contributed by atoms with van der Waals surface area (Å²) in [5.41, 5.74) is 0. The fourth-order valence-corrected chi connectivity index (χ4v) is 3.37. The van der Waals surface area contributed by atoms with Crippen molar-refractivity contribution in [3.63, 3.8) is 0 Å². The van der Waals surface area contributed by atoms with Crippen LogP contribution in [0.5, 0.6) is 0 Å². The van der Waals surface area contributed by atoms with Gasteiger partial charge in [-0.2, -0.15) is 0 Å². The monoisotopic (exact) mass is 453 g/mol. The van der Waals surface area contributed by atoms with Crippen LogP contribution in [0, 0.1) is 0 Å². The van der Waals surface area contributed by atoms with Gasteiger partial charge >= 0.3 is 5.97 Å². The number of carbonyl (C=O) groups excluding carboxylic acids is 1. The fourth-order valence-electron chi connectivity index (χ4n) is 2.63. The maximum atomic E-state index is 11.9. The van der Waals surface area contributed by atoms with Crippen molar-refractivity contribution in [1.82, 2.24) is 0 Å². The second-order valence-corrected chi connectivity index (χ2v) is 9.34. The van der Waals surface area contributed by atoms with E-state index in [1.54, 1.807) is 0 Å². The molecule has 0 spiro atoms. The van der Waals surface area contributed by atoms with Gasteiger partial charge in [-0.25, -0.2) is 0 Å². The first kappa shape index (κ1) is 29.5. The van der Waals surface area contributed by atoms with Crippen LogP contribution in [0.25, 0.3) is 0 Å². The van der Waals surface area contributed by atoms with Gasteiger partial charge in [0.2, 0.25) is 0 Å². The predicted octanol–water partition coefficient (Wildman–Crippen LogP) is 2.50. The molecular formula is C21H44NO7P. The number of hydrogen-bond acceptors (Lipinski definition) is 7. The van der Waals surface area contributed by atoms with Gasteiger partial charge in [0, 0.05) is 13.0 Å². The SMILES string of the molecule is CCCCCCCOC(COC(=O)CCCCCC)COP(=O)([O-])OCC[NH+](C)C. The van der Waals surface area contributed by atoms with Crippen molar-refractivity contribution in [2.45, 2.75) is 84.2 Å². The minimum Gasteiger partial charge on any atom is -0.756 e. The lowest BCUT2D eigenvalue weighted by Crippen LogP contribution is -3.06. The highest BCUT2D eigenvalue weighted by Gasteiger charge is 2.18. The normalized spacial score (nSPS) is 14.6. The summed E-state index contributed by atoms with van der Waals surface area (Å²) in [5.74, 6) is -0.293. The molecule has 0 bridgehead atoms. The molecule has 30 heavy (non-hydrogen) atoms. The van der Waals surface area contributed by atoms with E-state index in [-0.39, 0.29) is 25.8 Å². The zero-order valence-electron chi connectivity index (χ0n) is 19.5. The molecule has 1 N–H and O–H groups in total. The largest absolute Gasteiger partial charge is 0.756 e. The van der Waals surface area contributed by atoms with Crippen molar-refractivity contribution in [2.24, 2.45) is 0 Å². The molecule has 9 heteroatoms. The van der Waals surface area contributed by atoms with Crippen molar-refractivity contribution in [2.75, 3.05) is 47.1 Å². The average Bonchev–Trinajstić information content (AvgIpc) is 2.68. The summed E-state index contributed by atoms with van der Waals surface area (Å²) >= 11 is 0. The van der Waals surface area contributed by atoms with Gasteiger partial charge in [0.25, 0.3) is 7.82 Å². The summed E-state index contributed by atoms with van der Waals surface area (Å²) in [5, 5.41) is 0. The molecule has 0 radical (unpaired) electrons. The summed E-state index contributed by atoms with van der Waals surface area (Å²) in [4.78, 5) is 24.9. The lowest BCUT2D eigenvalue weighted by molar-refractivity contribution is -0.858. The Labute approximate surface area is 183 Å². The first-order chi connectivity index (χ1) is 14.3. The van der Waals surface area contributed by atoms with Gasteiger partial charge in [-0.05, 0) is 12.8 Å². The molecule has 0 aromatic heterocycles. The van der Waals surface area contributed by atoms with Gasteiger partial charge in [0.15, 0.2) is 0 Å². The van der Waals surface area contributed by atoms with Crippen molar-refractivity contribution >= 4 is 13.8 Å². The molecule has 0 aliphatic rings. The van der Waals surface area contributed by atoms with Gasteiger partial charge < -0.3 is 28.3 Å². The molecule has 8 nitrogen and oxygen atoms in total. The first-order valence-corrected chi connectivity index (χ1v) is 12.9. The Kier molecular flexibility index (Phi) is 18.9. The van der Waals surface area contributed by atoms with Crippen molar-refractivity contribution < 1.29 is 37.7 Å². The molecule has 0 heterocycles. The second-order valence-electron chi connectivity index (χ2n) is 7.93.